The van der Waals surface area contributed by atoms with E-state index >= 15 is 0 Å². The number of hydrogen-bond acceptors (Lipinski definition) is 1. The summed E-state index contributed by atoms with van der Waals surface area (Å²) < 4.78 is 0. The molecule has 1 aromatic heterocycles. The van der Waals surface area contributed by atoms with Crippen LogP contribution in [0.4, 0.5) is 11.5 Å². The van der Waals surface area contributed by atoms with Crippen molar-refractivity contribution in [3.05, 3.63) is 29.2 Å². The second kappa shape index (κ2) is 2.93. The van der Waals surface area contributed by atoms with Gasteiger partial charge < -0.3 is 4.85 Å². The summed E-state index contributed by atoms with van der Waals surface area (Å²) in [5, 5.41) is 0. The van der Waals surface area contributed by atoms with E-state index in [1.807, 2.05) is 6.92 Å². The summed E-state index contributed by atoms with van der Waals surface area (Å²) in [4.78, 5) is 9.80. The van der Waals surface area contributed by atoms with Crippen LogP contribution >= 0.6 is 0 Å². The molecule has 3 nitrogen and oxygen atoms in total. The minimum Gasteiger partial charge on any atom is -0.361 e. The molecule has 0 aliphatic heterocycles. The zero-order chi connectivity index (χ0) is 8.27. The SMILES string of the molecule is [C-]#[N+]c1cc(C)c([NH+]=C)cn1. The summed E-state index contributed by atoms with van der Waals surface area (Å²) in [5.74, 6) is 0.418. The Balaban J connectivity index is 3.22. The van der Waals surface area contributed by atoms with Crippen molar-refractivity contribution in [2.24, 2.45) is 0 Å². The Kier molecular flexibility index (Phi) is 1.98. The molecule has 11 heavy (non-hydrogen) atoms. The van der Waals surface area contributed by atoms with E-state index in [1.165, 1.54) is 0 Å². The lowest BCUT2D eigenvalue weighted by Crippen LogP contribution is -2.58. The number of nitrogens with zero attached hydrogens (tertiary/aromatic N) is 2. The van der Waals surface area contributed by atoms with E-state index in [9.17, 15) is 0 Å². The van der Waals surface area contributed by atoms with Crippen LogP contribution in [0, 0.1) is 13.5 Å². The van der Waals surface area contributed by atoms with Gasteiger partial charge in [0.15, 0.2) is 6.20 Å². The highest BCUT2D eigenvalue weighted by Gasteiger charge is 2.03. The molecule has 0 fully saturated rings. The van der Waals surface area contributed by atoms with Crippen molar-refractivity contribution in [2.45, 2.75) is 6.92 Å². The van der Waals surface area contributed by atoms with Crippen molar-refractivity contribution in [2.75, 3.05) is 0 Å². The smallest absolute Gasteiger partial charge is 0.270 e. The van der Waals surface area contributed by atoms with Gasteiger partial charge in [0.25, 0.3) is 5.82 Å². The minimum atomic E-state index is 0.418. The molecule has 3 heteroatoms. The van der Waals surface area contributed by atoms with Crippen LogP contribution in [0.15, 0.2) is 12.3 Å². The van der Waals surface area contributed by atoms with Crippen molar-refractivity contribution in [3.63, 3.8) is 0 Å². The number of aryl methyl sites for hydroxylation is 1. The van der Waals surface area contributed by atoms with E-state index in [4.69, 9.17) is 6.57 Å². The van der Waals surface area contributed by atoms with Crippen LogP contribution in [-0.2, 0) is 0 Å². The predicted octanol–water partition coefficient (Wildman–Crippen LogP) is 0.354. The molecule has 1 rings (SSSR count). The van der Waals surface area contributed by atoms with Gasteiger partial charge in [-0.25, -0.2) is 4.99 Å². The topological polar surface area (TPSA) is 31.2 Å². The van der Waals surface area contributed by atoms with Gasteiger partial charge in [-0.1, -0.05) is 6.57 Å². The van der Waals surface area contributed by atoms with Gasteiger partial charge >= 0.3 is 0 Å². The molecule has 0 radical (unpaired) electrons. The van der Waals surface area contributed by atoms with Crippen LogP contribution in [-0.4, -0.2) is 11.7 Å². The van der Waals surface area contributed by atoms with E-state index in [0.717, 1.165) is 11.3 Å². The van der Waals surface area contributed by atoms with Gasteiger partial charge in [-0.05, 0) is 13.0 Å². The van der Waals surface area contributed by atoms with Crippen LogP contribution in [0.5, 0.6) is 0 Å². The summed E-state index contributed by atoms with van der Waals surface area (Å²) in [7, 11) is 0. The molecule has 0 saturated carbocycles. The fourth-order valence-electron chi connectivity index (χ4n) is 0.787. The maximum absolute atomic E-state index is 6.69. The largest absolute Gasteiger partial charge is 0.361 e. The Morgan fingerprint density at radius 2 is 2.45 bits per heavy atom. The lowest BCUT2D eigenvalue weighted by Gasteiger charge is -1.90. The third-order valence-corrected chi connectivity index (χ3v) is 1.40. The fraction of sp³-hybridized carbons (Fsp3) is 0.125. The third-order valence-electron chi connectivity index (χ3n) is 1.40. The number of pyridine rings is 1. The zero-order valence-electron chi connectivity index (χ0n) is 6.26. The van der Waals surface area contributed by atoms with Gasteiger partial charge in [-0.2, -0.15) is 0 Å². The number of aromatic nitrogens is 1. The summed E-state index contributed by atoms with van der Waals surface area (Å²) in [6, 6.07) is 1.72. The molecular weight excluding hydrogens is 138 g/mol. The first-order valence-corrected chi connectivity index (χ1v) is 3.15. The molecule has 1 heterocycles. The summed E-state index contributed by atoms with van der Waals surface area (Å²) in [6.07, 6.45) is 1.61. The summed E-state index contributed by atoms with van der Waals surface area (Å²) >= 11 is 0. The van der Waals surface area contributed by atoms with Gasteiger partial charge in [0.2, 0.25) is 5.69 Å². The van der Waals surface area contributed by atoms with Crippen molar-refractivity contribution in [1.82, 2.24) is 4.98 Å². The molecule has 1 N–H and O–H groups in total. The highest BCUT2D eigenvalue weighted by molar-refractivity contribution is 5.47. The first kappa shape index (κ1) is 7.42. The van der Waals surface area contributed by atoms with Gasteiger partial charge in [0.1, 0.15) is 6.72 Å². The third kappa shape index (κ3) is 1.41. The fourth-order valence-corrected chi connectivity index (χ4v) is 0.787. The van der Waals surface area contributed by atoms with Crippen molar-refractivity contribution >= 4 is 18.2 Å². The quantitative estimate of drug-likeness (QED) is 0.450. The Morgan fingerprint density at radius 1 is 1.73 bits per heavy atom. The maximum atomic E-state index is 6.69. The predicted molar refractivity (Wildman–Crippen MR) is 43.0 cm³/mol. The zero-order valence-corrected chi connectivity index (χ0v) is 6.26. The van der Waals surface area contributed by atoms with Crippen LogP contribution in [0.2, 0.25) is 0 Å². The molecule has 0 aliphatic carbocycles. The Bertz CT molecular complexity index is 323. The van der Waals surface area contributed by atoms with Crippen LogP contribution in [0.3, 0.4) is 0 Å². The Hall–Kier alpha value is -1.69. The molecule has 1 aromatic rings. The first-order chi connectivity index (χ1) is 5.27. The van der Waals surface area contributed by atoms with E-state index in [1.54, 1.807) is 12.3 Å². The van der Waals surface area contributed by atoms with E-state index < -0.39 is 0 Å². The van der Waals surface area contributed by atoms with Crippen LogP contribution in [0.25, 0.3) is 4.85 Å². The molecule has 0 bridgehead atoms. The standard InChI is InChI=1S/C8H7N3/c1-6-4-8(10-3)11-5-7(6)9-2/h4-5H,2H2,1H3/p+1. The van der Waals surface area contributed by atoms with E-state index in [0.29, 0.717) is 5.82 Å². The molecule has 0 atom stereocenters. The molecule has 0 aromatic carbocycles. The van der Waals surface area contributed by atoms with Crippen molar-refractivity contribution in [1.29, 1.82) is 0 Å². The van der Waals surface area contributed by atoms with Gasteiger partial charge in [0.05, 0.1) is 0 Å². The average molecular weight is 146 g/mol. The number of rotatable bonds is 1. The van der Waals surface area contributed by atoms with Gasteiger partial charge in [0, 0.05) is 5.56 Å². The van der Waals surface area contributed by atoms with Crippen molar-refractivity contribution in [3.8, 4) is 0 Å². The minimum absolute atomic E-state index is 0.418. The Labute approximate surface area is 65.2 Å². The van der Waals surface area contributed by atoms with Crippen LogP contribution in [0.1, 0.15) is 5.56 Å². The number of hydrogen-bond donors (Lipinski definition) is 1. The molecule has 0 saturated heterocycles. The second-order valence-corrected chi connectivity index (χ2v) is 2.15. The lowest BCUT2D eigenvalue weighted by atomic mass is 10.2. The van der Waals surface area contributed by atoms with Crippen molar-refractivity contribution < 1.29 is 4.99 Å². The van der Waals surface area contributed by atoms with Crippen LogP contribution < -0.4 is 4.99 Å². The summed E-state index contributed by atoms with van der Waals surface area (Å²) in [5.41, 5.74) is 1.85. The monoisotopic (exact) mass is 146 g/mol. The molecule has 54 valence electrons. The molecular formula is C8H8N3+. The average Bonchev–Trinajstić information content (AvgIpc) is 2.04. The highest BCUT2D eigenvalue weighted by atomic mass is 14.9. The van der Waals surface area contributed by atoms with E-state index in [-0.39, 0.29) is 0 Å². The van der Waals surface area contributed by atoms with E-state index in [2.05, 4.69) is 21.5 Å². The molecule has 0 amide bonds. The summed E-state index contributed by atoms with van der Waals surface area (Å²) in [6.45, 7) is 12.1. The second-order valence-electron chi connectivity index (χ2n) is 2.15. The number of nitrogens with one attached hydrogen (secondary N) is 1. The van der Waals surface area contributed by atoms with Gasteiger partial charge in [-0.3, -0.25) is 0 Å². The maximum Gasteiger partial charge on any atom is 0.270 e. The normalized spacial score (nSPS) is 8.73. The molecule has 0 spiro atoms. The first-order valence-electron chi connectivity index (χ1n) is 3.15. The lowest BCUT2D eigenvalue weighted by molar-refractivity contribution is -0.343. The van der Waals surface area contributed by atoms with Gasteiger partial charge in [-0.15, -0.1) is 4.98 Å². The molecule has 0 aliphatic rings. The highest BCUT2D eigenvalue weighted by Crippen LogP contribution is 2.13. The molecule has 0 unspecified atom stereocenters. The Morgan fingerprint density at radius 3 is 2.91 bits per heavy atom.